The van der Waals surface area contributed by atoms with E-state index in [1.54, 1.807) is 0 Å². The maximum absolute atomic E-state index is 4.09. The Hall–Kier alpha value is -1.05. The van der Waals surface area contributed by atoms with E-state index >= 15 is 0 Å². The average molecular weight is 122 g/mol. The van der Waals surface area contributed by atoms with Crippen molar-refractivity contribution in [1.82, 2.24) is 5.32 Å². The van der Waals surface area contributed by atoms with Crippen molar-refractivity contribution in [2.24, 2.45) is 4.99 Å². The molecule has 48 valence electrons. The molecule has 0 amide bonds. The van der Waals surface area contributed by atoms with Crippen molar-refractivity contribution in [3.63, 3.8) is 0 Å². The van der Waals surface area contributed by atoms with Crippen LogP contribution in [-0.4, -0.2) is 6.21 Å². The second kappa shape index (κ2) is 2.49. The SMILES string of the molecule is C/C=C1/C=NC(C)=CN1. The summed E-state index contributed by atoms with van der Waals surface area (Å²) in [7, 11) is 0. The molecule has 0 spiro atoms. The molecule has 9 heavy (non-hydrogen) atoms. The van der Waals surface area contributed by atoms with E-state index in [1.807, 2.05) is 32.3 Å². The van der Waals surface area contributed by atoms with Crippen LogP contribution in [0.2, 0.25) is 0 Å². The van der Waals surface area contributed by atoms with Crippen LogP contribution in [0, 0.1) is 0 Å². The highest BCUT2D eigenvalue weighted by Crippen LogP contribution is 1.99. The normalized spacial score (nSPS) is 21.6. The third-order valence-electron chi connectivity index (χ3n) is 1.17. The number of nitrogens with zero attached hydrogens (tertiary/aromatic N) is 1. The van der Waals surface area contributed by atoms with Crippen LogP contribution in [0.1, 0.15) is 13.8 Å². The molecule has 1 aliphatic rings. The van der Waals surface area contributed by atoms with E-state index in [9.17, 15) is 0 Å². The first kappa shape index (κ1) is 6.08. The standard InChI is InChI=1S/C7H10N2/c1-3-7-5-8-6(2)4-9-7/h3-5,9H,1-2H3/b7-3-. The van der Waals surface area contributed by atoms with E-state index in [0.29, 0.717) is 0 Å². The van der Waals surface area contributed by atoms with Gasteiger partial charge in [-0.15, -0.1) is 0 Å². The van der Waals surface area contributed by atoms with E-state index in [-0.39, 0.29) is 0 Å². The van der Waals surface area contributed by atoms with E-state index in [2.05, 4.69) is 10.3 Å². The summed E-state index contributed by atoms with van der Waals surface area (Å²) in [5.74, 6) is 0. The fourth-order valence-corrected chi connectivity index (χ4v) is 0.592. The molecule has 0 unspecified atom stereocenters. The maximum atomic E-state index is 4.09. The van der Waals surface area contributed by atoms with Crippen LogP contribution in [0.4, 0.5) is 0 Å². The molecule has 0 atom stereocenters. The number of hydrogen-bond donors (Lipinski definition) is 1. The minimum absolute atomic E-state index is 1.01. The minimum atomic E-state index is 1.01. The first-order valence-corrected chi connectivity index (χ1v) is 2.96. The molecule has 0 aromatic heterocycles. The predicted molar refractivity (Wildman–Crippen MR) is 39.1 cm³/mol. The summed E-state index contributed by atoms with van der Waals surface area (Å²) in [6.07, 6.45) is 5.68. The summed E-state index contributed by atoms with van der Waals surface area (Å²) >= 11 is 0. The quantitative estimate of drug-likeness (QED) is 0.516. The molecule has 0 aromatic rings. The molecule has 1 rings (SSSR count). The van der Waals surface area contributed by atoms with Crippen LogP contribution in [0.25, 0.3) is 0 Å². The predicted octanol–water partition coefficient (Wildman–Crippen LogP) is 1.43. The Bertz CT molecular complexity index is 187. The third kappa shape index (κ3) is 1.42. The number of hydrogen-bond acceptors (Lipinski definition) is 2. The van der Waals surface area contributed by atoms with E-state index in [4.69, 9.17) is 0 Å². The average Bonchev–Trinajstić information content (AvgIpc) is 1.90. The van der Waals surface area contributed by atoms with Crippen molar-refractivity contribution in [3.05, 3.63) is 23.7 Å². The van der Waals surface area contributed by atoms with Gasteiger partial charge < -0.3 is 5.32 Å². The van der Waals surface area contributed by atoms with Gasteiger partial charge in [0.25, 0.3) is 0 Å². The molecule has 2 heteroatoms. The topological polar surface area (TPSA) is 24.4 Å². The molecule has 1 aliphatic heterocycles. The Morgan fingerprint density at radius 3 is 2.89 bits per heavy atom. The summed E-state index contributed by atoms with van der Waals surface area (Å²) in [5, 5.41) is 3.07. The van der Waals surface area contributed by atoms with Crippen LogP contribution in [0.5, 0.6) is 0 Å². The second-order valence-corrected chi connectivity index (χ2v) is 1.93. The summed E-state index contributed by atoms with van der Waals surface area (Å²) in [5.41, 5.74) is 2.07. The highest BCUT2D eigenvalue weighted by molar-refractivity contribution is 5.79. The lowest BCUT2D eigenvalue weighted by atomic mass is 10.4. The van der Waals surface area contributed by atoms with Crippen LogP contribution in [-0.2, 0) is 0 Å². The molecule has 1 N–H and O–H groups in total. The number of rotatable bonds is 0. The summed E-state index contributed by atoms with van der Waals surface area (Å²) in [6.45, 7) is 3.93. The highest BCUT2D eigenvalue weighted by Gasteiger charge is 1.92. The van der Waals surface area contributed by atoms with Crippen molar-refractivity contribution in [3.8, 4) is 0 Å². The zero-order chi connectivity index (χ0) is 6.69. The Kier molecular flexibility index (Phi) is 1.68. The molecule has 2 nitrogen and oxygen atoms in total. The number of allylic oxidation sites excluding steroid dienone is 3. The first-order valence-electron chi connectivity index (χ1n) is 2.96. The lowest BCUT2D eigenvalue weighted by Crippen LogP contribution is -2.09. The molecule has 0 saturated carbocycles. The number of aliphatic imine (C=N–C) groups is 1. The van der Waals surface area contributed by atoms with Gasteiger partial charge in [0.1, 0.15) is 0 Å². The lowest BCUT2D eigenvalue weighted by Gasteiger charge is -2.05. The van der Waals surface area contributed by atoms with Gasteiger partial charge in [0.2, 0.25) is 0 Å². The Morgan fingerprint density at radius 1 is 1.67 bits per heavy atom. The Morgan fingerprint density at radius 2 is 2.44 bits per heavy atom. The van der Waals surface area contributed by atoms with Gasteiger partial charge in [0.15, 0.2) is 0 Å². The summed E-state index contributed by atoms with van der Waals surface area (Å²) in [4.78, 5) is 4.09. The fraction of sp³-hybridized carbons (Fsp3) is 0.286. The highest BCUT2D eigenvalue weighted by atomic mass is 14.9. The molecular weight excluding hydrogens is 112 g/mol. The minimum Gasteiger partial charge on any atom is -0.359 e. The van der Waals surface area contributed by atoms with E-state index in [1.165, 1.54) is 0 Å². The zero-order valence-corrected chi connectivity index (χ0v) is 5.68. The molecule has 0 saturated heterocycles. The Labute approximate surface area is 55.0 Å². The van der Waals surface area contributed by atoms with Crippen LogP contribution >= 0.6 is 0 Å². The van der Waals surface area contributed by atoms with Crippen molar-refractivity contribution in [1.29, 1.82) is 0 Å². The number of nitrogens with one attached hydrogen (secondary N) is 1. The van der Waals surface area contributed by atoms with Crippen molar-refractivity contribution in [2.75, 3.05) is 0 Å². The summed E-state index contributed by atoms with van der Waals surface area (Å²) in [6, 6.07) is 0. The summed E-state index contributed by atoms with van der Waals surface area (Å²) < 4.78 is 0. The van der Waals surface area contributed by atoms with Crippen molar-refractivity contribution in [2.45, 2.75) is 13.8 Å². The van der Waals surface area contributed by atoms with Crippen molar-refractivity contribution < 1.29 is 0 Å². The van der Waals surface area contributed by atoms with Gasteiger partial charge in [0, 0.05) is 6.20 Å². The van der Waals surface area contributed by atoms with Crippen LogP contribution < -0.4 is 5.32 Å². The van der Waals surface area contributed by atoms with Crippen LogP contribution in [0.15, 0.2) is 28.7 Å². The Balaban J connectivity index is 2.70. The first-order chi connectivity index (χ1) is 4.33. The van der Waals surface area contributed by atoms with E-state index in [0.717, 1.165) is 11.4 Å². The molecule has 1 heterocycles. The van der Waals surface area contributed by atoms with Gasteiger partial charge in [-0.2, -0.15) is 0 Å². The third-order valence-corrected chi connectivity index (χ3v) is 1.17. The van der Waals surface area contributed by atoms with Gasteiger partial charge in [-0.3, -0.25) is 4.99 Å². The monoisotopic (exact) mass is 122 g/mol. The molecule has 0 aromatic carbocycles. The largest absolute Gasteiger partial charge is 0.359 e. The lowest BCUT2D eigenvalue weighted by molar-refractivity contribution is 1.06. The van der Waals surface area contributed by atoms with Crippen LogP contribution in [0.3, 0.4) is 0 Å². The zero-order valence-electron chi connectivity index (χ0n) is 5.68. The molecular formula is C7H10N2. The molecule has 0 radical (unpaired) electrons. The van der Waals surface area contributed by atoms with Crippen molar-refractivity contribution >= 4 is 6.21 Å². The van der Waals surface area contributed by atoms with Gasteiger partial charge in [-0.25, -0.2) is 0 Å². The fourth-order valence-electron chi connectivity index (χ4n) is 0.592. The second-order valence-electron chi connectivity index (χ2n) is 1.93. The molecule has 0 aliphatic carbocycles. The molecule has 0 fully saturated rings. The van der Waals surface area contributed by atoms with E-state index < -0.39 is 0 Å². The van der Waals surface area contributed by atoms with Gasteiger partial charge in [-0.1, -0.05) is 6.08 Å². The van der Waals surface area contributed by atoms with Gasteiger partial charge >= 0.3 is 0 Å². The smallest absolute Gasteiger partial charge is 0.0533 e. The molecule has 0 bridgehead atoms. The maximum Gasteiger partial charge on any atom is 0.0533 e. The van der Waals surface area contributed by atoms with Gasteiger partial charge in [0.05, 0.1) is 17.6 Å². The van der Waals surface area contributed by atoms with Gasteiger partial charge in [-0.05, 0) is 13.8 Å².